The fourth-order valence-electron chi connectivity index (χ4n) is 4.27. The Hall–Kier alpha value is -2.36. The number of hydrogen-bond donors (Lipinski definition) is 0. The first-order valence-electron chi connectivity index (χ1n) is 10.8. The van der Waals surface area contributed by atoms with Crippen LogP contribution in [0.1, 0.15) is 38.5 Å². The lowest BCUT2D eigenvalue weighted by Crippen LogP contribution is -2.46. The number of anilines is 1. The van der Waals surface area contributed by atoms with Crippen LogP contribution in [0.25, 0.3) is 0 Å². The molecule has 2 aromatic rings. The normalized spacial score (nSPS) is 19.3. The number of nitrogens with zero attached hydrogens (tertiary/aromatic N) is 2. The van der Waals surface area contributed by atoms with Crippen molar-refractivity contribution in [2.24, 2.45) is 0 Å². The maximum Gasteiger partial charge on any atom is 0.252 e. The Bertz CT molecular complexity index is 1180. The van der Waals surface area contributed by atoms with Crippen molar-refractivity contribution in [1.29, 1.82) is 0 Å². The molecule has 0 aromatic heterocycles. The Morgan fingerprint density at radius 3 is 2.36 bits per heavy atom. The highest BCUT2D eigenvalue weighted by Gasteiger charge is 2.46. The minimum Gasteiger partial charge on any atom is -0.274 e. The highest BCUT2D eigenvalue weighted by molar-refractivity contribution is 9.10. The number of halogens is 2. The lowest BCUT2D eigenvalue weighted by atomic mass is 9.97. The summed E-state index contributed by atoms with van der Waals surface area (Å²) in [6, 6.07) is 10.1. The number of benzene rings is 2. The molecule has 0 N–H and O–H groups in total. The topological polar surface area (TPSA) is 74.8 Å². The van der Waals surface area contributed by atoms with E-state index in [9.17, 15) is 22.4 Å². The second-order valence-electron chi connectivity index (χ2n) is 8.19. The van der Waals surface area contributed by atoms with Gasteiger partial charge in [0.05, 0.1) is 17.0 Å². The van der Waals surface area contributed by atoms with E-state index >= 15 is 0 Å². The van der Waals surface area contributed by atoms with Crippen LogP contribution in [0.5, 0.6) is 0 Å². The van der Waals surface area contributed by atoms with Crippen molar-refractivity contribution in [3.63, 3.8) is 0 Å². The quantitative estimate of drug-likeness (QED) is 0.377. The van der Waals surface area contributed by atoms with E-state index < -0.39 is 33.7 Å². The summed E-state index contributed by atoms with van der Waals surface area (Å²) in [7, 11) is -4.14. The molecule has 2 aliphatic rings. The largest absolute Gasteiger partial charge is 0.274 e. The van der Waals surface area contributed by atoms with Gasteiger partial charge in [-0.1, -0.05) is 27.6 Å². The standard InChI is InChI=1S/C24H24BrFN2O4S/c25-18-6-10-20(11-7-18)28-23(29)16-22(24(28)30)27(15-14-17-4-2-1-3-5-17)33(31,32)21-12-8-19(26)9-13-21/h4,6-13,22H,1-3,5,14-16H2. The van der Waals surface area contributed by atoms with E-state index in [0.29, 0.717) is 12.1 Å². The third kappa shape index (κ3) is 5.10. The molecular weight excluding hydrogens is 511 g/mol. The summed E-state index contributed by atoms with van der Waals surface area (Å²) in [5.41, 5.74) is 1.55. The Labute approximate surface area is 201 Å². The number of hydrogen-bond acceptors (Lipinski definition) is 4. The molecule has 2 aromatic carbocycles. The number of amides is 2. The summed E-state index contributed by atoms with van der Waals surface area (Å²) in [6.45, 7) is 0.0728. The third-order valence-electron chi connectivity index (χ3n) is 6.01. The molecule has 0 bridgehead atoms. The van der Waals surface area contributed by atoms with Crippen LogP contribution in [0, 0.1) is 5.82 Å². The smallest absolute Gasteiger partial charge is 0.252 e. The van der Waals surface area contributed by atoms with Gasteiger partial charge in [-0.25, -0.2) is 17.7 Å². The molecule has 1 saturated heterocycles. The van der Waals surface area contributed by atoms with Gasteiger partial charge in [-0.2, -0.15) is 4.31 Å². The third-order valence-corrected chi connectivity index (χ3v) is 8.46. The molecule has 1 aliphatic carbocycles. The number of carbonyl (C=O) groups excluding carboxylic acids is 2. The van der Waals surface area contributed by atoms with Crippen LogP contribution in [-0.2, 0) is 19.6 Å². The number of rotatable bonds is 7. The maximum absolute atomic E-state index is 13.5. The first-order valence-corrected chi connectivity index (χ1v) is 13.1. The van der Waals surface area contributed by atoms with Gasteiger partial charge in [-0.3, -0.25) is 9.59 Å². The molecule has 1 unspecified atom stereocenters. The maximum atomic E-state index is 13.5. The van der Waals surface area contributed by atoms with E-state index in [1.165, 1.54) is 12.1 Å². The fraction of sp³-hybridized carbons (Fsp3) is 0.333. The average molecular weight is 535 g/mol. The summed E-state index contributed by atoms with van der Waals surface area (Å²) in [6.07, 6.45) is 6.38. The van der Waals surface area contributed by atoms with Gasteiger partial charge < -0.3 is 0 Å². The van der Waals surface area contributed by atoms with Gasteiger partial charge >= 0.3 is 0 Å². The molecule has 1 atom stereocenters. The van der Waals surface area contributed by atoms with Crippen molar-refractivity contribution in [3.05, 3.63) is 70.5 Å². The summed E-state index contributed by atoms with van der Waals surface area (Å²) in [5, 5.41) is 0. The Morgan fingerprint density at radius 2 is 1.73 bits per heavy atom. The van der Waals surface area contributed by atoms with E-state index in [2.05, 4.69) is 22.0 Å². The zero-order chi connectivity index (χ0) is 23.6. The predicted molar refractivity (Wildman–Crippen MR) is 126 cm³/mol. The molecule has 33 heavy (non-hydrogen) atoms. The van der Waals surface area contributed by atoms with Crippen LogP contribution in [0.15, 0.2) is 69.5 Å². The molecule has 4 rings (SSSR count). The zero-order valence-corrected chi connectivity index (χ0v) is 20.3. The monoisotopic (exact) mass is 534 g/mol. The average Bonchev–Trinajstić information content (AvgIpc) is 3.09. The second kappa shape index (κ2) is 9.87. The minimum absolute atomic E-state index is 0.0728. The minimum atomic E-state index is -4.14. The van der Waals surface area contributed by atoms with Crippen LogP contribution in [-0.4, -0.2) is 37.1 Å². The fourth-order valence-corrected chi connectivity index (χ4v) is 6.12. The van der Waals surface area contributed by atoms with Crippen LogP contribution < -0.4 is 4.90 Å². The van der Waals surface area contributed by atoms with Crippen molar-refractivity contribution < 1.29 is 22.4 Å². The van der Waals surface area contributed by atoms with E-state index in [1.54, 1.807) is 24.3 Å². The zero-order valence-electron chi connectivity index (χ0n) is 17.9. The van der Waals surface area contributed by atoms with E-state index in [1.807, 2.05) is 0 Å². The first kappa shape index (κ1) is 23.8. The van der Waals surface area contributed by atoms with Crippen molar-refractivity contribution in [3.8, 4) is 0 Å². The Kier molecular flexibility index (Phi) is 7.11. The Balaban J connectivity index is 1.67. The first-order chi connectivity index (χ1) is 15.8. The molecule has 2 amide bonds. The highest BCUT2D eigenvalue weighted by atomic mass is 79.9. The van der Waals surface area contributed by atoms with Gasteiger partial charge in [-0.15, -0.1) is 0 Å². The van der Waals surface area contributed by atoms with Crippen molar-refractivity contribution in [2.45, 2.75) is 49.5 Å². The lowest BCUT2D eigenvalue weighted by Gasteiger charge is -2.27. The molecule has 0 saturated carbocycles. The van der Waals surface area contributed by atoms with Gasteiger partial charge in [0.25, 0.3) is 5.91 Å². The van der Waals surface area contributed by atoms with Crippen molar-refractivity contribution in [1.82, 2.24) is 4.31 Å². The van der Waals surface area contributed by atoms with Crippen LogP contribution in [0.2, 0.25) is 0 Å². The van der Waals surface area contributed by atoms with Gasteiger partial charge in [0.2, 0.25) is 15.9 Å². The van der Waals surface area contributed by atoms with Crippen LogP contribution >= 0.6 is 15.9 Å². The van der Waals surface area contributed by atoms with E-state index in [4.69, 9.17) is 0 Å². The van der Waals surface area contributed by atoms with Gasteiger partial charge in [0.15, 0.2) is 0 Å². The molecule has 1 heterocycles. The molecule has 0 radical (unpaired) electrons. The van der Waals surface area contributed by atoms with Crippen LogP contribution in [0.3, 0.4) is 0 Å². The second-order valence-corrected chi connectivity index (χ2v) is 11.0. The van der Waals surface area contributed by atoms with Crippen LogP contribution in [0.4, 0.5) is 10.1 Å². The van der Waals surface area contributed by atoms with E-state index in [-0.39, 0.29) is 17.9 Å². The number of allylic oxidation sites excluding steroid dienone is 1. The van der Waals surface area contributed by atoms with Gasteiger partial charge in [0.1, 0.15) is 11.9 Å². The van der Waals surface area contributed by atoms with Crippen molar-refractivity contribution in [2.75, 3.05) is 11.4 Å². The summed E-state index contributed by atoms with van der Waals surface area (Å²) < 4.78 is 42.4. The summed E-state index contributed by atoms with van der Waals surface area (Å²) in [4.78, 5) is 27.1. The lowest BCUT2D eigenvalue weighted by molar-refractivity contribution is -0.122. The molecule has 1 aliphatic heterocycles. The predicted octanol–water partition coefficient (Wildman–Crippen LogP) is 4.80. The van der Waals surface area contributed by atoms with Gasteiger partial charge in [0, 0.05) is 11.0 Å². The molecular formula is C24H24BrFN2O4S. The highest BCUT2D eigenvalue weighted by Crippen LogP contribution is 2.31. The SMILES string of the molecule is O=C1CC(N(CCC2=CCCCC2)S(=O)(=O)c2ccc(F)cc2)C(=O)N1c1ccc(Br)cc1. The summed E-state index contributed by atoms with van der Waals surface area (Å²) >= 11 is 3.33. The molecule has 174 valence electrons. The Morgan fingerprint density at radius 1 is 1.03 bits per heavy atom. The number of carbonyl (C=O) groups is 2. The van der Waals surface area contributed by atoms with E-state index in [0.717, 1.165) is 57.1 Å². The molecule has 0 spiro atoms. The molecule has 9 heteroatoms. The molecule has 1 fully saturated rings. The number of imide groups is 1. The molecule has 6 nitrogen and oxygen atoms in total. The summed E-state index contributed by atoms with van der Waals surface area (Å²) in [5.74, 6) is -1.59. The van der Waals surface area contributed by atoms with Crippen molar-refractivity contribution >= 4 is 43.5 Å². The number of sulfonamides is 1. The van der Waals surface area contributed by atoms with Gasteiger partial charge in [-0.05, 0) is 80.6 Å².